The lowest BCUT2D eigenvalue weighted by molar-refractivity contribution is -0.143. The molecule has 0 spiro atoms. The van der Waals surface area contributed by atoms with Crippen LogP contribution >= 0.6 is 0 Å². The number of carboxylic acids is 1. The zero-order valence-corrected chi connectivity index (χ0v) is 13.3. The van der Waals surface area contributed by atoms with Crippen molar-refractivity contribution in [1.82, 2.24) is 5.32 Å². The summed E-state index contributed by atoms with van der Waals surface area (Å²) < 4.78 is 0. The lowest BCUT2D eigenvalue weighted by atomic mass is 9.69. The number of carbonyl (C=O) groups is 1. The van der Waals surface area contributed by atoms with Gasteiger partial charge in [-0.1, -0.05) is 34.6 Å². The molecule has 0 aromatic rings. The molecule has 1 rings (SSSR count). The number of nitrogens with one attached hydrogen (secondary N) is 1. The van der Waals surface area contributed by atoms with Crippen LogP contribution in [-0.2, 0) is 4.79 Å². The van der Waals surface area contributed by atoms with Gasteiger partial charge < -0.3 is 10.4 Å². The first kappa shape index (κ1) is 16.5. The van der Waals surface area contributed by atoms with Gasteiger partial charge in [0.1, 0.15) is 0 Å². The molecule has 0 saturated heterocycles. The molecular formula is C16H31NO2. The Morgan fingerprint density at radius 3 is 2.05 bits per heavy atom. The Balaban J connectivity index is 2.27. The van der Waals surface area contributed by atoms with Crippen molar-refractivity contribution in [2.75, 3.05) is 13.1 Å². The topological polar surface area (TPSA) is 49.3 Å². The SMILES string of the molecule is CC(C)(C)C(C)(C)CNCC1CCC(C(=O)O)CC1. The first-order valence-electron chi connectivity index (χ1n) is 7.57. The maximum absolute atomic E-state index is 10.9. The number of hydrogen-bond donors (Lipinski definition) is 2. The van der Waals surface area contributed by atoms with Crippen LogP contribution in [0.2, 0.25) is 0 Å². The molecule has 0 aromatic carbocycles. The largest absolute Gasteiger partial charge is 0.481 e. The van der Waals surface area contributed by atoms with Crippen molar-refractivity contribution in [2.45, 2.75) is 60.3 Å². The smallest absolute Gasteiger partial charge is 0.306 e. The van der Waals surface area contributed by atoms with Crippen LogP contribution in [0.1, 0.15) is 60.3 Å². The number of aliphatic carboxylic acids is 1. The van der Waals surface area contributed by atoms with Gasteiger partial charge in [0.25, 0.3) is 0 Å². The van der Waals surface area contributed by atoms with E-state index < -0.39 is 5.97 Å². The van der Waals surface area contributed by atoms with Gasteiger partial charge >= 0.3 is 5.97 Å². The summed E-state index contributed by atoms with van der Waals surface area (Å²) in [6.07, 6.45) is 3.81. The zero-order chi connectivity index (χ0) is 14.7. The van der Waals surface area contributed by atoms with Gasteiger partial charge in [-0.2, -0.15) is 0 Å². The third-order valence-electron chi connectivity index (χ3n) is 5.23. The third-order valence-corrected chi connectivity index (χ3v) is 5.23. The van der Waals surface area contributed by atoms with Crippen molar-refractivity contribution in [1.29, 1.82) is 0 Å². The molecule has 1 saturated carbocycles. The summed E-state index contributed by atoms with van der Waals surface area (Å²) in [4.78, 5) is 10.9. The summed E-state index contributed by atoms with van der Waals surface area (Å²) in [7, 11) is 0. The van der Waals surface area contributed by atoms with Crippen LogP contribution in [0.3, 0.4) is 0 Å². The van der Waals surface area contributed by atoms with E-state index in [0.717, 1.165) is 38.8 Å². The maximum Gasteiger partial charge on any atom is 0.306 e. The van der Waals surface area contributed by atoms with Gasteiger partial charge in [0.05, 0.1) is 5.92 Å². The van der Waals surface area contributed by atoms with E-state index in [1.54, 1.807) is 0 Å². The molecule has 1 fully saturated rings. The van der Waals surface area contributed by atoms with Crippen LogP contribution < -0.4 is 5.32 Å². The van der Waals surface area contributed by atoms with Gasteiger partial charge in [-0.15, -0.1) is 0 Å². The summed E-state index contributed by atoms with van der Waals surface area (Å²) in [5, 5.41) is 12.6. The first-order valence-corrected chi connectivity index (χ1v) is 7.57. The fraction of sp³-hybridized carbons (Fsp3) is 0.938. The van der Waals surface area contributed by atoms with E-state index in [1.807, 2.05) is 0 Å². The van der Waals surface area contributed by atoms with Gasteiger partial charge in [0, 0.05) is 6.54 Å². The Morgan fingerprint density at radius 2 is 1.63 bits per heavy atom. The molecule has 0 bridgehead atoms. The third kappa shape index (κ3) is 4.79. The molecule has 0 unspecified atom stereocenters. The van der Waals surface area contributed by atoms with E-state index in [4.69, 9.17) is 5.11 Å². The fourth-order valence-corrected chi connectivity index (χ4v) is 2.47. The minimum absolute atomic E-state index is 0.0951. The van der Waals surface area contributed by atoms with E-state index in [0.29, 0.717) is 11.3 Å². The predicted molar refractivity (Wildman–Crippen MR) is 79.2 cm³/mol. The molecular weight excluding hydrogens is 238 g/mol. The van der Waals surface area contributed by atoms with Crippen LogP contribution in [-0.4, -0.2) is 24.2 Å². The lowest BCUT2D eigenvalue weighted by Gasteiger charge is -2.39. The van der Waals surface area contributed by atoms with Gasteiger partial charge in [-0.05, 0) is 49.0 Å². The number of hydrogen-bond acceptors (Lipinski definition) is 2. The summed E-state index contributed by atoms with van der Waals surface area (Å²) in [6.45, 7) is 13.5. The average Bonchev–Trinajstić information content (AvgIpc) is 2.28. The second-order valence-corrected chi connectivity index (χ2v) is 7.82. The molecule has 1 aliphatic carbocycles. The minimum atomic E-state index is -0.611. The van der Waals surface area contributed by atoms with E-state index in [2.05, 4.69) is 39.9 Å². The molecule has 2 N–H and O–H groups in total. The van der Waals surface area contributed by atoms with Crippen molar-refractivity contribution in [3.05, 3.63) is 0 Å². The summed E-state index contributed by atoms with van der Waals surface area (Å²) >= 11 is 0. The Bertz CT molecular complexity index is 296. The van der Waals surface area contributed by atoms with Gasteiger partial charge in [-0.25, -0.2) is 0 Å². The zero-order valence-electron chi connectivity index (χ0n) is 13.3. The second kappa shape index (κ2) is 6.25. The van der Waals surface area contributed by atoms with Crippen molar-refractivity contribution < 1.29 is 9.90 Å². The Morgan fingerprint density at radius 1 is 1.11 bits per heavy atom. The predicted octanol–water partition coefficient (Wildman–Crippen LogP) is 3.54. The molecule has 1 aliphatic rings. The first-order chi connectivity index (χ1) is 8.63. The average molecular weight is 269 g/mol. The molecule has 19 heavy (non-hydrogen) atoms. The van der Waals surface area contributed by atoms with Crippen molar-refractivity contribution >= 4 is 5.97 Å². The lowest BCUT2D eigenvalue weighted by Crippen LogP contribution is -2.41. The molecule has 0 aromatic heterocycles. The quantitative estimate of drug-likeness (QED) is 0.802. The summed E-state index contributed by atoms with van der Waals surface area (Å²) in [5.74, 6) is -0.0473. The van der Waals surface area contributed by atoms with Gasteiger partial charge in [0.15, 0.2) is 0 Å². The van der Waals surface area contributed by atoms with E-state index in [-0.39, 0.29) is 11.3 Å². The van der Waals surface area contributed by atoms with Gasteiger partial charge in [-0.3, -0.25) is 4.79 Å². The highest BCUT2D eigenvalue weighted by Crippen LogP contribution is 2.37. The second-order valence-electron chi connectivity index (χ2n) is 7.82. The van der Waals surface area contributed by atoms with Crippen LogP contribution in [0.4, 0.5) is 0 Å². The minimum Gasteiger partial charge on any atom is -0.481 e. The molecule has 3 heteroatoms. The molecule has 0 radical (unpaired) electrons. The Kier molecular flexibility index (Phi) is 5.43. The molecule has 0 aliphatic heterocycles. The monoisotopic (exact) mass is 269 g/mol. The Hall–Kier alpha value is -0.570. The van der Waals surface area contributed by atoms with Crippen molar-refractivity contribution in [3.8, 4) is 0 Å². The van der Waals surface area contributed by atoms with E-state index in [9.17, 15) is 4.79 Å². The Labute approximate surface area is 118 Å². The molecule has 112 valence electrons. The maximum atomic E-state index is 10.9. The van der Waals surface area contributed by atoms with Crippen LogP contribution in [0.5, 0.6) is 0 Å². The van der Waals surface area contributed by atoms with Crippen molar-refractivity contribution in [2.24, 2.45) is 22.7 Å². The van der Waals surface area contributed by atoms with E-state index >= 15 is 0 Å². The number of carboxylic acid groups (broad SMARTS) is 1. The fourth-order valence-electron chi connectivity index (χ4n) is 2.47. The highest BCUT2D eigenvalue weighted by molar-refractivity contribution is 5.69. The van der Waals surface area contributed by atoms with Crippen molar-refractivity contribution in [3.63, 3.8) is 0 Å². The molecule has 0 amide bonds. The van der Waals surface area contributed by atoms with Gasteiger partial charge in [0.2, 0.25) is 0 Å². The highest BCUT2D eigenvalue weighted by atomic mass is 16.4. The highest BCUT2D eigenvalue weighted by Gasteiger charge is 2.32. The molecule has 3 nitrogen and oxygen atoms in total. The van der Waals surface area contributed by atoms with E-state index in [1.165, 1.54) is 0 Å². The van der Waals surface area contributed by atoms with Crippen LogP contribution in [0, 0.1) is 22.7 Å². The van der Waals surface area contributed by atoms with Crippen LogP contribution in [0.25, 0.3) is 0 Å². The standard InChI is InChI=1S/C16H31NO2/c1-15(2,3)16(4,5)11-17-10-12-6-8-13(9-7-12)14(18)19/h12-13,17H,6-11H2,1-5H3,(H,18,19). The summed E-state index contributed by atoms with van der Waals surface area (Å²) in [5.41, 5.74) is 0.562. The van der Waals surface area contributed by atoms with Crippen LogP contribution in [0.15, 0.2) is 0 Å². The number of rotatable bonds is 5. The summed E-state index contributed by atoms with van der Waals surface area (Å²) in [6, 6.07) is 0. The molecule has 0 atom stereocenters. The normalized spacial score (nSPS) is 25.3. The molecule has 0 heterocycles.